The number of benzene rings is 2. The lowest BCUT2D eigenvalue weighted by Gasteiger charge is -2.36. The van der Waals surface area contributed by atoms with Crippen molar-refractivity contribution < 1.29 is 23.8 Å². The van der Waals surface area contributed by atoms with Crippen molar-refractivity contribution in [3.8, 4) is 17.2 Å². The van der Waals surface area contributed by atoms with Crippen molar-refractivity contribution in [2.45, 2.75) is 12.5 Å². The molecule has 0 unspecified atom stereocenters. The summed E-state index contributed by atoms with van der Waals surface area (Å²) in [7, 11) is 1.67. The van der Waals surface area contributed by atoms with E-state index in [1.54, 1.807) is 12.0 Å². The molecule has 3 amide bonds. The summed E-state index contributed by atoms with van der Waals surface area (Å²) in [4.78, 5) is 31.4. The van der Waals surface area contributed by atoms with Crippen molar-refractivity contribution in [3.05, 3.63) is 42.5 Å². The lowest BCUT2D eigenvalue weighted by molar-refractivity contribution is -0.117. The van der Waals surface area contributed by atoms with Gasteiger partial charge in [0.05, 0.1) is 13.2 Å². The van der Waals surface area contributed by atoms with E-state index < -0.39 is 0 Å². The van der Waals surface area contributed by atoms with Gasteiger partial charge in [-0.05, 0) is 36.4 Å². The average molecular weight is 496 g/mol. The second-order valence-electron chi connectivity index (χ2n) is 9.16. The Morgan fingerprint density at radius 1 is 1.00 bits per heavy atom. The van der Waals surface area contributed by atoms with Crippen molar-refractivity contribution >= 4 is 23.3 Å². The number of methoxy groups -OCH3 is 1. The van der Waals surface area contributed by atoms with Crippen LogP contribution in [0.3, 0.4) is 0 Å². The quantitative estimate of drug-likeness (QED) is 0.604. The lowest BCUT2D eigenvalue weighted by Crippen LogP contribution is -2.50. The lowest BCUT2D eigenvalue weighted by atomic mass is 10.2. The Morgan fingerprint density at radius 3 is 2.47 bits per heavy atom. The van der Waals surface area contributed by atoms with Crippen molar-refractivity contribution in [2.24, 2.45) is 0 Å². The highest BCUT2D eigenvalue weighted by Gasteiger charge is 2.32. The zero-order valence-corrected chi connectivity index (χ0v) is 20.6. The molecule has 0 radical (unpaired) electrons. The molecule has 1 atom stereocenters. The van der Waals surface area contributed by atoms with Crippen LogP contribution in [0, 0.1) is 0 Å². The minimum Gasteiger partial charge on any atom is -0.497 e. The Balaban J connectivity index is 1.02. The highest BCUT2D eigenvalue weighted by molar-refractivity contribution is 5.97. The maximum absolute atomic E-state index is 12.6. The van der Waals surface area contributed by atoms with E-state index >= 15 is 0 Å². The van der Waals surface area contributed by atoms with Gasteiger partial charge in [0.25, 0.3) is 0 Å². The molecule has 0 saturated carbocycles. The van der Waals surface area contributed by atoms with Crippen molar-refractivity contribution in [3.63, 3.8) is 0 Å². The van der Waals surface area contributed by atoms with Gasteiger partial charge < -0.3 is 34.6 Å². The molecule has 0 aromatic heterocycles. The van der Waals surface area contributed by atoms with E-state index in [2.05, 4.69) is 32.6 Å². The minimum absolute atomic E-state index is 0.0216. The summed E-state index contributed by atoms with van der Waals surface area (Å²) in [5.41, 5.74) is 1.95. The summed E-state index contributed by atoms with van der Waals surface area (Å²) in [5.74, 6) is 2.17. The van der Waals surface area contributed by atoms with E-state index in [0.29, 0.717) is 37.8 Å². The van der Waals surface area contributed by atoms with Crippen LogP contribution in [-0.2, 0) is 4.79 Å². The molecule has 3 aliphatic rings. The predicted molar refractivity (Wildman–Crippen MR) is 136 cm³/mol. The number of carbonyl (C=O) groups is 2. The van der Waals surface area contributed by atoms with Gasteiger partial charge in [-0.25, -0.2) is 4.79 Å². The van der Waals surface area contributed by atoms with E-state index in [0.717, 1.165) is 44.2 Å². The van der Waals surface area contributed by atoms with E-state index in [-0.39, 0.29) is 24.4 Å². The zero-order chi connectivity index (χ0) is 24.9. The number of amides is 3. The standard InChI is InChI=1S/C26H33N5O5/c1-34-22-5-2-20(3-6-22)30-12-10-29(11-13-30)9-8-27-26(33)28-19-16-25(32)31(18-19)21-4-7-23-24(17-21)36-15-14-35-23/h2-7,17,19H,8-16,18H2,1H3,(H2,27,28,33)/t19-/m0/s1. The van der Waals surface area contributed by atoms with Gasteiger partial charge in [0.1, 0.15) is 19.0 Å². The fourth-order valence-electron chi connectivity index (χ4n) is 4.84. The summed E-state index contributed by atoms with van der Waals surface area (Å²) in [6, 6.07) is 13.2. The van der Waals surface area contributed by atoms with Crippen LogP contribution >= 0.6 is 0 Å². The summed E-state index contributed by atoms with van der Waals surface area (Å²) in [6.45, 7) is 6.56. The molecular weight excluding hydrogens is 462 g/mol. The highest BCUT2D eigenvalue weighted by atomic mass is 16.6. The predicted octanol–water partition coefficient (Wildman–Crippen LogP) is 1.69. The van der Waals surface area contributed by atoms with Crippen LogP contribution in [0.2, 0.25) is 0 Å². The summed E-state index contributed by atoms with van der Waals surface area (Å²) < 4.78 is 16.4. The third kappa shape index (κ3) is 5.59. The normalized spacial score (nSPS) is 19.8. The van der Waals surface area contributed by atoms with E-state index in [1.807, 2.05) is 30.3 Å². The van der Waals surface area contributed by atoms with E-state index in [1.165, 1.54) is 5.69 Å². The van der Waals surface area contributed by atoms with E-state index in [9.17, 15) is 9.59 Å². The van der Waals surface area contributed by atoms with Crippen molar-refractivity contribution in [1.29, 1.82) is 0 Å². The van der Waals surface area contributed by atoms with Gasteiger partial charge in [-0.2, -0.15) is 0 Å². The van der Waals surface area contributed by atoms with Crippen LogP contribution < -0.4 is 34.6 Å². The van der Waals surface area contributed by atoms with Gasteiger partial charge in [0, 0.05) is 69.7 Å². The number of nitrogens with zero attached hydrogens (tertiary/aromatic N) is 3. The molecular formula is C26H33N5O5. The molecule has 2 fully saturated rings. The molecule has 3 aliphatic heterocycles. The maximum atomic E-state index is 12.6. The molecule has 0 aliphatic carbocycles. The number of hydrogen-bond acceptors (Lipinski definition) is 7. The molecule has 3 heterocycles. The number of piperazine rings is 1. The molecule has 2 aromatic carbocycles. The van der Waals surface area contributed by atoms with Gasteiger partial charge >= 0.3 is 6.03 Å². The summed E-state index contributed by atoms with van der Waals surface area (Å²) >= 11 is 0. The Hall–Kier alpha value is -3.66. The third-order valence-corrected chi connectivity index (χ3v) is 6.82. The number of fused-ring (bicyclic) bond motifs is 1. The molecule has 10 heteroatoms. The molecule has 5 rings (SSSR count). The molecule has 0 spiro atoms. The van der Waals surface area contributed by atoms with Gasteiger partial charge in [-0.15, -0.1) is 0 Å². The van der Waals surface area contributed by atoms with Crippen molar-refractivity contribution in [1.82, 2.24) is 15.5 Å². The second-order valence-corrected chi connectivity index (χ2v) is 9.16. The fourth-order valence-corrected chi connectivity index (χ4v) is 4.84. The number of urea groups is 1. The van der Waals surface area contributed by atoms with Gasteiger partial charge in [-0.1, -0.05) is 0 Å². The second kappa shape index (κ2) is 10.9. The fraction of sp³-hybridized carbons (Fsp3) is 0.462. The van der Waals surface area contributed by atoms with Gasteiger partial charge in [0.15, 0.2) is 11.5 Å². The summed E-state index contributed by atoms with van der Waals surface area (Å²) in [5, 5.41) is 5.88. The van der Waals surface area contributed by atoms with Crippen LogP contribution in [0.4, 0.5) is 16.2 Å². The Labute approximate surface area is 211 Å². The maximum Gasteiger partial charge on any atom is 0.315 e. The van der Waals surface area contributed by atoms with Crippen LogP contribution in [0.25, 0.3) is 0 Å². The summed E-state index contributed by atoms with van der Waals surface area (Å²) in [6.07, 6.45) is 0.273. The van der Waals surface area contributed by atoms with Gasteiger partial charge in [-0.3, -0.25) is 9.69 Å². The van der Waals surface area contributed by atoms with Crippen LogP contribution in [-0.4, -0.2) is 89.0 Å². The number of hydrogen-bond donors (Lipinski definition) is 2. The number of carbonyl (C=O) groups excluding carboxylic acids is 2. The molecule has 10 nitrogen and oxygen atoms in total. The molecule has 36 heavy (non-hydrogen) atoms. The first-order chi connectivity index (χ1) is 17.6. The number of anilines is 2. The van der Waals surface area contributed by atoms with Crippen LogP contribution in [0.15, 0.2) is 42.5 Å². The topological polar surface area (TPSA) is 95.6 Å². The van der Waals surface area contributed by atoms with E-state index in [4.69, 9.17) is 14.2 Å². The molecule has 2 aromatic rings. The van der Waals surface area contributed by atoms with Crippen molar-refractivity contribution in [2.75, 3.05) is 75.9 Å². The average Bonchev–Trinajstić information content (AvgIpc) is 3.28. The zero-order valence-electron chi connectivity index (χ0n) is 20.6. The number of nitrogens with one attached hydrogen (secondary N) is 2. The molecule has 2 saturated heterocycles. The molecule has 192 valence electrons. The third-order valence-electron chi connectivity index (χ3n) is 6.82. The minimum atomic E-state index is -0.242. The van der Waals surface area contributed by atoms with Crippen LogP contribution in [0.5, 0.6) is 17.2 Å². The first-order valence-corrected chi connectivity index (χ1v) is 12.4. The molecule has 2 N–H and O–H groups in total. The SMILES string of the molecule is COc1ccc(N2CCN(CCNC(=O)N[C@H]3CC(=O)N(c4ccc5c(c4)OCCO5)C3)CC2)cc1. The monoisotopic (exact) mass is 495 g/mol. The number of ether oxygens (including phenoxy) is 3. The molecule has 0 bridgehead atoms. The smallest absolute Gasteiger partial charge is 0.315 e. The number of rotatable bonds is 7. The van der Waals surface area contributed by atoms with Gasteiger partial charge in [0.2, 0.25) is 5.91 Å². The Kier molecular flexibility index (Phi) is 7.31. The largest absolute Gasteiger partial charge is 0.497 e. The highest BCUT2D eigenvalue weighted by Crippen LogP contribution is 2.35. The van der Waals surface area contributed by atoms with Crippen LogP contribution in [0.1, 0.15) is 6.42 Å². The first-order valence-electron chi connectivity index (χ1n) is 12.4. The Morgan fingerprint density at radius 2 is 1.72 bits per heavy atom. The Bertz CT molecular complexity index is 1070. The first kappa shape index (κ1) is 24.1.